The van der Waals surface area contributed by atoms with Crippen molar-refractivity contribution in [2.45, 2.75) is 88.6 Å². The average Bonchev–Trinajstić information content (AvgIpc) is 3.65. The highest BCUT2D eigenvalue weighted by Crippen LogP contribution is 2.49. The zero-order valence-electron chi connectivity index (χ0n) is 27.7. The number of aliphatic imine (C=N–C) groups is 1. The summed E-state index contributed by atoms with van der Waals surface area (Å²) in [6.45, 7) is 5.90. The first-order chi connectivity index (χ1) is 23.3. The molecule has 6 unspecified atom stereocenters. The van der Waals surface area contributed by atoms with Gasteiger partial charge >= 0.3 is 0 Å². The van der Waals surface area contributed by atoms with E-state index in [1.165, 1.54) is 30.3 Å². The van der Waals surface area contributed by atoms with E-state index in [0.29, 0.717) is 39.3 Å². The number of aliphatic hydroxyl groups is 5. The lowest BCUT2D eigenvalue weighted by atomic mass is 9.85. The topological polar surface area (TPSA) is 195 Å². The molecule has 0 saturated carbocycles. The van der Waals surface area contributed by atoms with E-state index in [4.69, 9.17) is 18.9 Å². The number of aromatic hydroxyl groups is 1. The highest BCUT2D eigenvalue weighted by Gasteiger charge is 2.46. The van der Waals surface area contributed by atoms with Gasteiger partial charge < -0.3 is 44.7 Å². The van der Waals surface area contributed by atoms with E-state index in [1.807, 2.05) is 31.0 Å². The van der Waals surface area contributed by atoms with E-state index in [0.717, 1.165) is 17.7 Å². The van der Waals surface area contributed by atoms with E-state index in [9.17, 15) is 35.4 Å². The molecule has 6 atom stereocenters. The van der Waals surface area contributed by atoms with Crippen molar-refractivity contribution in [2.75, 3.05) is 18.1 Å². The van der Waals surface area contributed by atoms with Crippen LogP contribution >= 0.6 is 0 Å². The molecule has 13 nitrogen and oxygen atoms in total. The van der Waals surface area contributed by atoms with Crippen LogP contribution in [0.3, 0.4) is 0 Å². The molecule has 3 aliphatic heterocycles. The van der Waals surface area contributed by atoms with Gasteiger partial charge in [-0.15, -0.1) is 0 Å². The first kappa shape index (κ1) is 34.8. The number of phenols is 1. The number of ether oxygens (including phenoxy) is 1. The van der Waals surface area contributed by atoms with Crippen LogP contribution in [0.5, 0.6) is 11.5 Å². The Labute approximate surface area is 282 Å². The third-order valence-electron chi connectivity index (χ3n) is 9.45. The molecule has 6 N–H and O–H groups in total. The van der Waals surface area contributed by atoms with E-state index >= 15 is 0 Å². The molecule has 0 spiro atoms. The predicted octanol–water partition coefficient (Wildman–Crippen LogP) is 2.34. The number of phenolic OH excluding ortho intramolecular Hbond substituents is 1. The van der Waals surface area contributed by atoms with E-state index in [1.54, 1.807) is 19.2 Å². The standard InChI is InChI=1S/C36H42N2O11/c1-5-26-23-10-11-37-25(23)16-38(26)30-32-21(13-24-27(41)12-19(2)47-33(24)30)14-29(35(3,4)48-32)49-46-18-36(45,34(44)31(43)28(42)17-39)15-20-6-8-22(40)9-7-20/h6-13,16,26,28-29,31,34,39-40,42-45H,5,14-15,17-18H2,1-4H3. The molecule has 1 aromatic heterocycles. The van der Waals surface area contributed by atoms with Crippen LogP contribution in [0.2, 0.25) is 0 Å². The third kappa shape index (κ3) is 6.51. The Hall–Kier alpha value is -4.08. The van der Waals surface area contributed by atoms with Crippen molar-refractivity contribution in [1.82, 2.24) is 0 Å². The number of hydrogen-bond donors (Lipinski definition) is 6. The highest BCUT2D eigenvalue weighted by atomic mass is 17.2. The van der Waals surface area contributed by atoms with Crippen molar-refractivity contribution < 1.29 is 49.6 Å². The SMILES string of the molecule is CCC1C2=CC=NC2=CN1c1c2c(cc3c(=O)cc(C)oc13)CC(OOCC(O)(Cc1ccc(O)cc1)C(O)C(O)C(O)CO)C(C)(C)O2. The molecule has 0 fully saturated rings. The summed E-state index contributed by atoms with van der Waals surface area (Å²) in [7, 11) is 0. The van der Waals surface area contributed by atoms with Crippen LogP contribution in [-0.4, -0.2) is 91.7 Å². The summed E-state index contributed by atoms with van der Waals surface area (Å²) in [5.74, 6) is 0.970. The van der Waals surface area contributed by atoms with Crippen LogP contribution in [0.15, 0.2) is 74.1 Å². The monoisotopic (exact) mass is 678 g/mol. The normalized spacial score (nSPS) is 22.5. The second-order valence-corrected chi connectivity index (χ2v) is 13.4. The summed E-state index contributed by atoms with van der Waals surface area (Å²) in [6.07, 6.45) is -0.0192. The lowest BCUT2D eigenvalue weighted by molar-refractivity contribution is -0.369. The van der Waals surface area contributed by atoms with Crippen LogP contribution < -0.4 is 15.1 Å². The average molecular weight is 679 g/mol. The van der Waals surface area contributed by atoms with Gasteiger partial charge in [0.15, 0.2) is 16.8 Å². The van der Waals surface area contributed by atoms with Gasteiger partial charge in [-0.25, -0.2) is 9.78 Å². The van der Waals surface area contributed by atoms with Crippen LogP contribution in [0.1, 0.15) is 44.1 Å². The molecule has 6 rings (SSSR count). The largest absolute Gasteiger partial charge is 0.508 e. The van der Waals surface area contributed by atoms with Crippen molar-refractivity contribution in [3.05, 3.63) is 87.1 Å². The molecule has 49 heavy (non-hydrogen) atoms. The lowest BCUT2D eigenvalue weighted by Crippen LogP contribution is -2.57. The number of nitrogens with zero attached hydrogens (tertiary/aromatic N) is 2. The Morgan fingerprint density at radius 2 is 1.90 bits per heavy atom. The molecule has 0 saturated heterocycles. The second kappa shape index (κ2) is 13.3. The summed E-state index contributed by atoms with van der Waals surface area (Å²) in [4.78, 5) is 31.3. The summed E-state index contributed by atoms with van der Waals surface area (Å²) in [5.41, 5.74) is 0.582. The first-order valence-electron chi connectivity index (χ1n) is 16.2. The van der Waals surface area contributed by atoms with Gasteiger partial charge in [-0.2, -0.15) is 0 Å². The number of rotatable bonds is 12. The molecule has 3 aliphatic rings. The van der Waals surface area contributed by atoms with Crippen LogP contribution in [0, 0.1) is 6.92 Å². The minimum absolute atomic E-state index is 0.00755. The molecular weight excluding hydrogens is 636 g/mol. The van der Waals surface area contributed by atoms with Gasteiger partial charge in [0.05, 0.1) is 23.7 Å². The van der Waals surface area contributed by atoms with Crippen LogP contribution in [0.25, 0.3) is 11.0 Å². The molecule has 0 bridgehead atoms. The Morgan fingerprint density at radius 3 is 2.59 bits per heavy atom. The number of hydrogen-bond acceptors (Lipinski definition) is 13. The van der Waals surface area contributed by atoms with Gasteiger partial charge in [0.1, 0.15) is 59.4 Å². The smallest absolute Gasteiger partial charge is 0.193 e. The summed E-state index contributed by atoms with van der Waals surface area (Å²) >= 11 is 0. The summed E-state index contributed by atoms with van der Waals surface area (Å²) in [6, 6.07) is 8.93. The number of fused-ring (bicyclic) bond motifs is 3. The van der Waals surface area contributed by atoms with Crippen LogP contribution in [0.4, 0.5) is 5.69 Å². The lowest BCUT2D eigenvalue weighted by Gasteiger charge is -2.41. The van der Waals surface area contributed by atoms with Gasteiger partial charge in [-0.1, -0.05) is 19.1 Å². The van der Waals surface area contributed by atoms with Crippen molar-refractivity contribution >= 4 is 22.9 Å². The van der Waals surface area contributed by atoms with Crippen molar-refractivity contribution in [2.24, 2.45) is 4.99 Å². The maximum absolute atomic E-state index is 13.3. The van der Waals surface area contributed by atoms with Crippen molar-refractivity contribution in [3.8, 4) is 11.5 Å². The van der Waals surface area contributed by atoms with E-state index in [-0.39, 0.29) is 30.1 Å². The fourth-order valence-corrected chi connectivity index (χ4v) is 6.67. The molecule has 4 heterocycles. The molecule has 13 heteroatoms. The molecular formula is C36H42N2O11. The number of aliphatic hydroxyl groups excluding tert-OH is 4. The van der Waals surface area contributed by atoms with Gasteiger partial charge in [0, 0.05) is 42.5 Å². The fourth-order valence-electron chi connectivity index (χ4n) is 6.67. The number of anilines is 1. The maximum Gasteiger partial charge on any atom is 0.193 e. The minimum atomic E-state index is -2.21. The number of benzene rings is 2. The highest BCUT2D eigenvalue weighted by molar-refractivity contribution is 5.96. The Morgan fingerprint density at radius 1 is 1.16 bits per heavy atom. The maximum atomic E-state index is 13.3. The number of aryl methyl sites for hydroxylation is 1. The number of allylic oxidation sites excluding steroid dienone is 1. The fraction of sp³-hybridized carbons (Fsp3) is 0.444. The van der Waals surface area contributed by atoms with Crippen LogP contribution in [-0.2, 0) is 22.6 Å². The Kier molecular flexibility index (Phi) is 9.46. The van der Waals surface area contributed by atoms with E-state index in [2.05, 4.69) is 11.9 Å². The Balaban J connectivity index is 1.31. The molecule has 262 valence electrons. The van der Waals surface area contributed by atoms with Crippen molar-refractivity contribution in [1.29, 1.82) is 0 Å². The zero-order valence-corrected chi connectivity index (χ0v) is 27.7. The van der Waals surface area contributed by atoms with Gasteiger partial charge in [0.2, 0.25) is 0 Å². The third-order valence-corrected chi connectivity index (χ3v) is 9.45. The first-order valence-corrected chi connectivity index (χ1v) is 16.2. The van der Waals surface area contributed by atoms with E-state index < -0.39 is 48.8 Å². The molecule has 0 radical (unpaired) electrons. The predicted molar refractivity (Wildman–Crippen MR) is 180 cm³/mol. The molecule has 0 amide bonds. The summed E-state index contributed by atoms with van der Waals surface area (Å²) < 4.78 is 12.9. The van der Waals surface area contributed by atoms with Gasteiger partial charge in [-0.05, 0) is 57.0 Å². The summed E-state index contributed by atoms with van der Waals surface area (Å²) in [5, 5.41) is 62.5. The Bertz CT molecular complexity index is 1870. The van der Waals surface area contributed by atoms with Crippen molar-refractivity contribution in [3.63, 3.8) is 0 Å². The second-order valence-electron chi connectivity index (χ2n) is 13.4. The molecule has 3 aromatic rings. The molecule has 2 aromatic carbocycles. The minimum Gasteiger partial charge on any atom is -0.508 e. The zero-order chi connectivity index (χ0) is 35.2. The van der Waals surface area contributed by atoms with Gasteiger partial charge in [0.25, 0.3) is 0 Å². The molecule has 0 aliphatic carbocycles. The van der Waals surface area contributed by atoms with Gasteiger partial charge in [-0.3, -0.25) is 9.79 Å². The quantitative estimate of drug-likeness (QED) is 0.121.